The van der Waals surface area contributed by atoms with Gasteiger partial charge in [-0.2, -0.15) is 4.98 Å². The number of benzene rings is 1. The maximum atomic E-state index is 5.47. The largest absolute Gasteiger partial charge is 0.381 e. The maximum absolute atomic E-state index is 5.47. The number of nitrogens with one attached hydrogen (secondary N) is 1. The van der Waals surface area contributed by atoms with Crippen LogP contribution < -0.4 is 5.32 Å². The van der Waals surface area contributed by atoms with E-state index in [1.807, 2.05) is 0 Å². The minimum absolute atomic E-state index is 0.126. The van der Waals surface area contributed by atoms with Gasteiger partial charge < -0.3 is 14.6 Å². The zero-order valence-electron chi connectivity index (χ0n) is 11.9. The molecule has 5 nitrogen and oxygen atoms in total. The number of rotatable bonds is 3. The van der Waals surface area contributed by atoms with Crippen LogP contribution in [0.2, 0.25) is 0 Å². The second-order valence-corrected chi connectivity index (χ2v) is 5.89. The Morgan fingerprint density at radius 2 is 2.14 bits per heavy atom. The van der Waals surface area contributed by atoms with E-state index in [2.05, 4.69) is 39.7 Å². The Kier molecular flexibility index (Phi) is 3.45. The summed E-state index contributed by atoms with van der Waals surface area (Å²) in [5.41, 5.74) is 2.72. The van der Waals surface area contributed by atoms with Crippen LogP contribution >= 0.6 is 0 Å². The molecule has 4 rings (SSSR count). The molecule has 110 valence electrons. The van der Waals surface area contributed by atoms with Gasteiger partial charge in [0.05, 0.1) is 6.04 Å². The molecule has 2 aliphatic heterocycles. The number of hydrogen-bond donors (Lipinski definition) is 1. The number of ether oxygens (including phenoxy) is 1. The molecule has 1 saturated heterocycles. The fraction of sp³-hybridized carbons (Fsp3) is 0.500. The topological polar surface area (TPSA) is 60.2 Å². The lowest BCUT2D eigenvalue weighted by atomic mass is 9.96. The minimum atomic E-state index is 0.126. The highest BCUT2D eigenvalue weighted by molar-refractivity contribution is 5.30. The fourth-order valence-electron chi connectivity index (χ4n) is 3.12. The molecule has 1 aromatic carbocycles. The third-order valence-electron chi connectivity index (χ3n) is 4.36. The summed E-state index contributed by atoms with van der Waals surface area (Å²) < 4.78 is 10.9. The predicted octanol–water partition coefficient (Wildman–Crippen LogP) is 2.04. The molecule has 2 atom stereocenters. The lowest BCUT2D eigenvalue weighted by Crippen LogP contribution is -2.28. The molecular formula is C16H19N3O2. The minimum Gasteiger partial charge on any atom is -0.381 e. The molecule has 3 heterocycles. The van der Waals surface area contributed by atoms with Crippen molar-refractivity contribution in [3.63, 3.8) is 0 Å². The van der Waals surface area contributed by atoms with Crippen molar-refractivity contribution < 1.29 is 9.26 Å². The summed E-state index contributed by atoms with van der Waals surface area (Å²) in [5.74, 6) is 2.05. The Morgan fingerprint density at radius 1 is 1.24 bits per heavy atom. The van der Waals surface area contributed by atoms with E-state index in [0.29, 0.717) is 11.8 Å². The van der Waals surface area contributed by atoms with Crippen LogP contribution in [-0.4, -0.2) is 23.4 Å². The van der Waals surface area contributed by atoms with Crippen molar-refractivity contribution in [2.45, 2.75) is 31.8 Å². The van der Waals surface area contributed by atoms with Crippen molar-refractivity contribution in [2.24, 2.45) is 5.92 Å². The van der Waals surface area contributed by atoms with E-state index >= 15 is 0 Å². The standard InChI is InChI=1S/C16H19N3O2/c1-2-4-13-9-17-14(8-12(13)3-1)16-18-15(19-21-16)7-11-5-6-20-10-11/h1-4,11,14,17H,5-10H2/t11?,14-/m0/s1. The van der Waals surface area contributed by atoms with E-state index in [0.717, 1.165) is 44.8 Å². The third-order valence-corrected chi connectivity index (χ3v) is 4.36. The lowest BCUT2D eigenvalue weighted by Gasteiger charge is -2.23. The van der Waals surface area contributed by atoms with Gasteiger partial charge in [-0.1, -0.05) is 29.4 Å². The SMILES string of the molecule is c1ccc2c(c1)CN[C@H](c1nc(CC3CCOC3)no1)C2. The molecule has 1 aromatic heterocycles. The van der Waals surface area contributed by atoms with Crippen LogP contribution in [0.15, 0.2) is 28.8 Å². The Hall–Kier alpha value is -1.72. The fourth-order valence-corrected chi connectivity index (χ4v) is 3.12. The summed E-state index contributed by atoms with van der Waals surface area (Å²) in [4.78, 5) is 4.57. The van der Waals surface area contributed by atoms with Gasteiger partial charge in [0.25, 0.3) is 0 Å². The Labute approximate surface area is 123 Å². The van der Waals surface area contributed by atoms with Crippen LogP contribution in [0.3, 0.4) is 0 Å². The van der Waals surface area contributed by atoms with Crippen molar-refractivity contribution in [1.82, 2.24) is 15.5 Å². The monoisotopic (exact) mass is 285 g/mol. The Morgan fingerprint density at radius 3 is 3.00 bits per heavy atom. The molecule has 1 fully saturated rings. The molecule has 0 bridgehead atoms. The summed E-state index contributed by atoms with van der Waals surface area (Å²) >= 11 is 0. The van der Waals surface area contributed by atoms with Gasteiger partial charge in [-0.3, -0.25) is 0 Å². The van der Waals surface area contributed by atoms with Gasteiger partial charge in [-0.05, 0) is 29.9 Å². The maximum Gasteiger partial charge on any atom is 0.244 e. The van der Waals surface area contributed by atoms with E-state index in [9.17, 15) is 0 Å². The smallest absolute Gasteiger partial charge is 0.244 e. The van der Waals surface area contributed by atoms with E-state index < -0.39 is 0 Å². The molecule has 0 aliphatic carbocycles. The van der Waals surface area contributed by atoms with Crippen molar-refractivity contribution in [3.05, 3.63) is 47.1 Å². The number of nitrogens with zero attached hydrogens (tertiary/aromatic N) is 2. The van der Waals surface area contributed by atoms with Gasteiger partial charge in [-0.25, -0.2) is 0 Å². The highest BCUT2D eigenvalue weighted by Gasteiger charge is 2.25. The first-order valence-electron chi connectivity index (χ1n) is 7.59. The normalized spacial score (nSPS) is 25.0. The van der Waals surface area contributed by atoms with E-state index in [-0.39, 0.29) is 6.04 Å². The van der Waals surface area contributed by atoms with Crippen molar-refractivity contribution in [1.29, 1.82) is 0 Å². The van der Waals surface area contributed by atoms with Gasteiger partial charge >= 0.3 is 0 Å². The van der Waals surface area contributed by atoms with Gasteiger partial charge in [0, 0.05) is 26.2 Å². The zero-order valence-corrected chi connectivity index (χ0v) is 11.9. The molecular weight excluding hydrogens is 266 g/mol. The third kappa shape index (κ3) is 2.71. The molecule has 0 radical (unpaired) electrons. The van der Waals surface area contributed by atoms with Crippen molar-refractivity contribution >= 4 is 0 Å². The lowest BCUT2D eigenvalue weighted by molar-refractivity contribution is 0.185. The summed E-state index contributed by atoms with van der Waals surface area (Å²) in [6.07, 6.45) is 2.86. The van der Waals surface area contributed by atoms with Crippen LogP contribution in [0.25, 0.3) is 0 Å². The van der Waals surface area contributed by atoms with Crippen LogP contribution in [0.5, 0.6) is 0 Å². The molecule has 2 aromatic rings. The second kappa shape index (κ2) is 5.58. The Bertz CT molecular complexity index is 619. The first-order chi connectivity index (χ1) is 10.4. The highest BCUT2D eigenvalue weighted by Crippen LogP contribution is 2.25. The van der Waals surface area contributed by atoms with E-state index in [1.165, 1.54) is 11.1 Å². The number of fused-ring (bicyclic) bond motifs is 1. The van der Waals surface area contributed by atoms with Gasteiger partial charge in [0.2, 0.25) is 5.89 Å². The van der Waals surface area contributed by atoms with Gasteiger partial charge in [0.15, 0.2) is 5.82 Å². The highest BCUT2D eigenvalue weighted by atomic mass is 16.5. The first-order valence-corrected chi connectivity index (χ1v) is 7.59. The predicted molar refractivity (Wildman–Crippen MR) is 76.7 cm³/mol. The molecule has 0 saturated carbocycles. The summed E-state index contributed by atoms with van der Waals surface area (Å²) in [6.45, 7) is 2.53. The van der Waals surface area contributed by atoms with Crippen LogP contribution in [0, 0.1) is 5.92 Å². The van der Waals surface area contributed by atoms with Crippen LogP contribution in [-0.2, 0) is 24.1 Å². The summed E-state index contributed by atoms with van der Waals surface area (Å²) in [7, 11) is 0. The molecule has 2 aliphatic rings. The molecule has 0 spiro atoms. The average Bonchev–Trinajstić information content (AvgIpc) is 3.19. The first kappa shape index (κ1) is 13.0. The molecule has 1 N–H and O–H groups in total. The molecule has 5 heteroatoms. The molecule has 0 amide bonds. The van der Waals surface area contributed by atoms with Crippen molar-refractivity contribution in [3.8, 4) is 0 Å². The van der Waals surface area contributed by atoms with Gasteiger partial charge in [-0.15, -0.1) is 0 Å². The number of aromatic nitrogens is 2. The van der Waals surface area contributed by atoms with E-state index in [4.69, 9.17) is 9.26 Å². The summed E-state index contributed by atoms with van der Waals surface area (Å²) in [6, 6.07) is 8.63. The molecule has 1 unspecified atom stereocenters. The van der Waals surface area contributed by atoms with Gasteiger partial charge in [0.1, 0.15) is 0 Å². The van der Waals surface area contributed by atoms with Crippen LogP contribution in [0.1, 0.15) is 35.3 Å². The summed E-state index contributed by atoms with van der Waals surface area (Å²) in [5, 5.41) is 7.61. The molecule has 21 heavy (non-hydrogen) atoms. The zero-order chi connectivity index (χ0) is 14.1. The number of hydrogen-bond acceptors (Lipinski definition) is 5. The van der Waals surface area contributed by atoms with E-state index in [1.54, 1.807) is 0 Å². The van der Waals surface area contributed by atoms with Crippen LogP contribution in [0.4, 0.5) is 0 Å². The average molecular weight is 285 g/mol. The van der Waals surface area contributed by atoms with Crippen molar-refractivity contribution in [2.75, 3.05) is 13.2 Å². The second-order valence-electron chi connectivity index (χ2n) is 5.89. The Balaban J connectivity index is 1.46. The quantitative estimate of drug-likeness (QED) is 0.935.